The summed E-state index contributed by atoms with van der Waals surface area (Å²) in [7, 11) is 0. The van der Waals surface area contributed by atoms with E-state index in [4.69, 9.17) is 0 Å². The lowest BCUT2D eigenvalue weighted by Gasteiger charge is -2.31. The minimum absolute atomic E-state index is 0.142. The number of para-hydroxylation sites is 1. The van der Waals surface area contributed by atoms with E-state index in [1.165, 1.54) is 21.1 Å². The fourth-order valence-electron chi connectivity index (χ4n) is 3.81. The van der Waals surface area contributed by atoms with Gasteiger partial charge in [0.2, 0.25) is 0 Å². The van der Waals surface area contributed by atoms with Crippen molar-refractivity contribution in [3.05, 3.63) is 51.2 Å². The molecule has 1 spiro atoms. The first-order valence-electron chi connectivity index (χ1n) is 8.23. The first-order valence-corrected chi connectivity index (χ1v) is 9.92. The van der Waals surface area contributed by atoms with Crippen LogP contribution in [0, 0.1) is 0 Å². The van der Waals surface area contributed by atoms with Crippen LogP contribution in [0.4, 0.5) is 4.79 Å². The molecule has 5 nitrogen and oxygen atoms in total. The van der Waals surface area contributed by atoms with Crippen LogP contribution in [0.3, 0.4) is 0 Å². The van der Waals surface area contributed by atoms with Crippen molar-refractivity contribution >= 4 is 44.8 Å². The van der Waals surface area contributed by atoms with Crippen LogP contribution in [0.15, 0.2) is 35.7 Å². The quantitative estimate of drug-likeness (QED) is 0.702. The molecule has 0 bridgehead atoms. The van der Waals surface area contributed by atoms with E-state index in [2.05, 4.69) is 10.3 Å². The first kappa shape index (κ1) is 15.0. The van der Waals surface area contributed by atoms with Gasteiger partial charge in [-0.1, -0.05) is 12.1 Å². The van der Waals surface area contributed by atoms with E-state index in [0.717, 1.165) is 33.6 Å². The van der Waals surface area contributed by atoms with Crippen molar-refractivity contribution in [1.82, 2.24) is 15.2 Å². The number of urea groups is 1. The van der Waals surface area contributed by atoms with Crippen molar-refractivity contribution in [2.45, 2.75) is 31.3 Å². The van der Waals surface area contributed by atoms with Gasteiger partial charge in [-0.25, -0.2) is 9.78 Å². The molecule has 0 radical (unpaired) electrons. The van der Waals surface area contributed by atoms with Gasteiger partial charge in [0.25, 0.3) is 5.91 Å². The molecule has 7 heteroatoms. The van der Waals surface area contributed by atoms with E-state index >= 15 is 0 Å². The molecule has 1 saturated heterocycles. The van der Waals surface area contributed by atoms with Gasteiger partial charge in [-0.15, -0.1) is 22.7 Å². The fraction of sp³-hybridized carbons (Fsp3) is 0.278. The predicted molar refractivity (Wildman–Crippen MR) is 97.6 cm³/mol. The first-order chi connectivity index (χ1) is 12.2. The Hall–Kier alpha value is -2.25. The van der Waals surface area contributed by atoms with Gasteiger partial charge in [-0.05, 0) is 42.8 Å². The molecule has 3 aromatic rings. The Labute approximate surface area is 152 Å². The van der Waals surface area contributed by atoms with Gasteiger partial charge < -0.3 is 5.32 Å². The van der Waals surface area contributed by atoms with Crippen LogP contribution in [-0.4, -0.2) is 21.8 Å². The number of thiophene rings is 1. The predicted octanol–water partition coefficient (Wildman–Crippen LogP) is 3.64. The van der Waals surface area contributed by atoms with Crippen molar-refractivity contribution in [3.63, 3.8) is 0 Å². The van der Waals surface area contributed by atoms with E-state index in [-0.39, 0.29) is 18.5 Å². The molecule has 5 rings (SSSR count). The average molecular weight is 369 g/mol. The van der Waals surface area contributed by atoms with Crippen molar-refractivity contribution < 1.29 is 9.59 Å². The number of carbonyl (C=O) groups is 2. The lowest BCUT2D eigenvalue weighted by atomic mass is 9.80. The van der Waals surface area contributed by atoms with Crippen LogP contribution in [0.25, 0.3) is 10.2 Å². The van der Waals surface area contributed by atoms with Gasteiger partial charge >= 0.3 is 6.03 Å². The molecule has 1 N–H and O–H groups in total. The normalized spacial score (nSPS) is 22.6. The molecular weight excluding hydrogens is 354 g/mol. The third-order valence-corrected chi connectivity index (χ3v) is 6.97. The summed E-state index contributed by atoms with van der Waals surface area (Å²) in [5, 5.41) is 5.77. The van der Waals surface area contributed by atoms with Gasteiger partial charge in [-0.2, -0.15) is 0 Å². The third-order valence-electron chi connectivity index (χ3n) is 4.97. The van der Waals surface area contributed by atoms with Crippen molar-refractivity contribution in [2.75, 3.05) is 0 Å². The second kappa shape index (κ2) is 5.37. The molecule has 2 aliphatic rings. The average Bonchev–Trinajstić information content (AvgIpc) is 3.29. The van der Waals surface area contributed by atoms with E-state index in [1.54, 1.807) is 11.3 Å². The number of imide groups is 1. The molecule has 0 saturated carbocycles. The number of aromatic nitrogens is 1. The number of fused-ring (bicyclic) bond motifs is 3. The molecular formula is C18H15N3O2S2. The van der Waals surface area contributed by atoms with Crippen LogP contribution < -0.4 is 5.32 Å². The highest BCUT2D eigenvalue weighted by molar-refractivity contribution is 7.18. The number of benzene rings is 1. The smallest absolute Gasteiger partial charge is 0.319 e. The Balaban J connectivity index is 1.50. The third kappa shape index (κ3) is 2.15. The summed E-state index contributed by atoms with van der Waals surface area (Å²) in [6.07, 6.45) is 2.56. The molecule has 3 amide bonds. The van der Waals surface area contributed by atoms with E-state index < -0.39 is 5.54 Å². The maximum atomic E-state index is 13.2. The SMILES string of the molecule is O=C1NC2(CCCc3sccc32)C(=O)N1Cc1nc2ccccc2s1. The molecule has 1 aliphatic heterocycles. The van der Waals surface area contributed by atoms with E-state index in [9.17, 15) is 9.59 Å². The number of aryl methyl sites for hydroxylation is 1. The van der Waals surface area contributed by atoms with Gasteiger partial charge in [0, 0.05) is 10.4 Å². The molecule has 126 valence electrons. The number of hydrogen-bond acceptors (Lipinski definition) is 5. The van der Waals surface area contributed by atoms with Gasteiger partial charge in [-0.3, -0.25) is 9.69 Å². The maximum absolute atomic E-state index is 13.2. The summed E-state index contributed by atoms with van der Waals surface area (Å²) in [5.41, 5.74) is 1.01. The van der Waals surface area contributed by atoms with Gasteiger partial charge in [0.1, 0.15) is 10.5 Å². The standard InChI is InChI=1S/C18H15N3O2S2/c22-16-18(8-3-6-13-11(18)7-9-24-13)20-17(23)21(16)10-15-19-12-4-1-2-5-14(12)25-15/h1-2,4-5,7,9H,3,6,8,10H2,(H,20,23). The fourth-order valence-corrected chi connectivity index (χ4v) is 5.76. The zero-order chi connectivity index (χ0) is 17.0. The van der Waals surface area contributed by atoms with Crippen LogP contribution in [0.1, 0.15) is 28.3 Å². The Bertz CT molecular complexity index is 976. The van der Waals surface area contributed by atoms with Crippen molar-refractivity contribution in [1.29, 1.82) is 0 Å². The van der Waals surface area contributed by atoms with Gasteiger partial charge in [0.15, 0.2) is 0 Å². The summed E-state index contributed by atoms with van der Waals surface area (Å²) in [4.78, 5) is 32.9. The van der Waals surface area contributed by atoms with E-state index in [0.29, 0.717) is 6.42 Å². The summed E-state index contributed by atoms with van der Waals surface area (Å²) in [6.45, 7) is 0.227. The Morgan fingerprint density at radius 3 is 3.00 bits per heavy atom. The summed E-state index contributed by atoms with van der Waals surface area (Å²) in [6, 6.07) is 9.52. The van der Waals surface area contributed by atoms with Crippen molar-refractivity contribution in [2.24, 2.45) is 0 Å². The Morgan fingerprint density at radius 2 is 2.12 bits per heavy atom. The molecule has 25 heavy (non-hydrogen) atoms. The van der Waals surface area contributed by atoms with Crippen LogP contribution >= 0.6 is 22.7 Å². The summed E-state index contributed by atoms with van der Waals surface area (Å²) in [5.74, 6) is -0.142. The molecule has 1 unspecified atom stereocenters. The lowest BCUT2D eigenvalue weighted by molar-refractivity contribution is -0.132. The monoisotopic (exact) mass is 369 g/mol. The number of nitrogens with zero attached hydrogens (tertiary/aromatic N) is 2. The molecule has 1 fully saturated rings. The Kier molecular flexibility index (Phi) is 3.23. The number of amides is 3. The highest BCUT2D eigenvalue weighted by Gasteiger charge is 2.54. The molecule has 1 atom stereocenters. The largest absolute Gasteiger partial charge is 0.325 e. The molecule has 1 aliphatic carbocycles. The second-order valence-electron chi connectivity index (χ2n) is 6.41. The zero-order valence-electron chi connectivity index (χ0n) is 13.3. The van der Waals surface area contributed by atoms with Gasteiger partial charge in [0.05, 0.1) is 16.8 Å². The number of nitrogens with one attached hydrogen (secondary N) is 1. The van der Waals surface area contributed by atoms with Crippen LogP contribution in [0.2, 0.25) is 0 Å². The van der Waals surface area contributed by atoms with Crippen LogP contribution in [-0.2, 0) is 23.3 Å². The number of carbonyl (C=O) groups excluding carboxylic acids is 2. The summed E-state index contributed by atoms with van der Waals surface area (Å²) >= 11 is 3.19. The minimum atomic E-state index is -0.874. The highest BCUT2D eigenvalue weighted by Crippen LogP contribution is 2.42. The highest BCUT2D eigenvalue weighted by atomic mass is 32.1. The number of hydrogen-bond donors (Lipinski definition) is 1. The molecule has 3 heterocycles. The Morgan fingerprint density at radius 1 is 1.24 bits per heavy atom. The molecule has 1 aromatic carbocycles. The van der Waals surface area contributed by atoms with Crippen molar-refractivity contribution in [3.8, 4) is 0 Å². The van der Waals surface area contributed by atoms with E-state index in [1.807, 2.05) is 35.7 Å². The summed E-state index contributed by atoms with van der Waals surface area (Å²) < 4.78 is 1.07. The molecule has 2 aromatic heterocycles. The number of rotatable bonds is 2. The maximum Gasteiger partial charge on any atom is 0.325 e. The number of thiazole rings is 1. The lowest BCUT2D eigenvalue weighted by Crippen LogP contribution is -2.45. The van der Waals surface area contributed by atoms with Crippen LogP contribution in [0.5, 0.6) is 0 Å². The topological polar surface area (TPSA) is 62.3 Å². The second-order valence-corrected chi connectivity index (χ2v) is 8.53. The minimum Gasteiger partial charge on any atom is -0.319 e. The zero-order valence-corrected chi connectivity index (χ0v) is 15.0.